The van der Waals surface area contributed by atoms with E-state index in [1.165, 1.54) is 6.20 Å². The molecule has 0 spiro atoms. The molecule has 0 aliphatic carbocycles. The minimum atomic E-state index is -0.225. The van der Waals surface area contributed by atoms with Gasteiger partial charge in [0.25, 0.3) is 5.91 Å². The number of rotatable bonds is 2. The molecule has 1 N–H and O–H groups in total. The Morgan fingerprint density at radius 1 is 1.21 bits per heavy atom. The zero-order chi connectivity index (χ0) is 14.0. The fourth-order valence-corrected chi connectivity index (χ4v) is 2.24. The maximum absolute atomic E-state index is 12.2. The number of anilines is 1. The van der Waals surface area contributed by atoms with Gasteiger partial charge in [0, 0.05) is 11.8 Å². The lowest BCUT2D eigenvalue weighted by Crippen LogP contribution is -2.17. The van der Waals surface area contributed by atoms with Gasteiger partial charge >= 0.3 is 0 Å². The molecule has 0 fully saturated rings. The van der Waals surface area contributed by atoms with Crippen LogP contribution in [0.25, 0.3) is 0 Å². The number of carbonyl (C=O) groups excluding carboxylic acids is 1. The van der Waals surface area contributed by atoms with Crippen LogP contribution in [0.15, 0.2) is 24.4 Å². The van der Waals surface area contributed by atoms with E-state index >= 15 is 0 Å². The first-order chi connectivity index (χ1) is 8.97. The summed E-state index contributed by atoms with van der Waals surface area (Å²) in [6, 6.07) is 5.50. The predicted octanol–water partition coefficient (Wildman–Crippen LogP) is 3.31. The first kappa shape index (κ1) is 13.5. The smallest absolute Gasteiger partial charge is 0.258 e. The number of aryl methyl sites for hydroxylation is 3. The van der Waals surface area contributed by atoms with Crippen molar-refractivity contribution in [3.63, 3.8) is 0 Å². The van der Waals surface area contributed by atoms with Gasteiger partial charge in [-0.2, -0.15) is 0 Å². The molecule has 4 nitrogen and oxygen atoms in total. The molecule has 1 heterocycles. The van der Waals surface area contributed by atoms with E-state index in [0.717, 1.165) is 16.7 Å². The Balaban J connectivity index is 2.31. The fraction of sp³-hybridized carbons (Fsp3) is 0.214. The SMILES string of the molecule is Cc1cc(C)c(C(=O)Nc2nccc(Cl)n2)c(C)c1. The second-order valence-electron chi connectivity index (χ2n) is 4.43. The van der Waals surface area contributed by atoms with Gasteiger partial charge in [0.1, 0.15) is 5.15 Å². The second-order valence-corrected chi connectivity index (χ2v) is 4.82. The third kappa shape index (κ3) is 3.09. The second kappa shape index (κ2) is 5.36. The predicted molar refractivity (Wildman–Crippen MR) is 75.6 cm³/mol. The number of carbonyl (C=O) groups is 1. The van der Waals surface area contributed by atoms with Crippen LogP contribution in [0.3, 0.4) is 0 Å². The van der Waals surface area contributed by atoms with E-state index in [1.807, 2.05) is 32.9 Å². The number of nitrogens with zero attached hydrogens (tertiary/aromatic N) is 2. The highest BCUT2D eigenvalue weighted by Gasteiger charge is 2.14. The molecule has 19 heavy (non-hydrogen) atoms. The molecule has 0 unspecified atom stereocenters. The largest absolute Gasteiger partial charge is 0.290 e. The van der Waals surface area contributed by atoms with Gasteiger partial charge in [-0.1, -0.05) is 29.3 Å². The Morgan fingerprint density at radius 2 is 1.84 bits per heavy atom. The van der Waals surface area contributed by atoms with E-state index in [2.05, 4.69) is 15.3 Å². The Kier molecular flexibility index (Phi) is 3.81. The van der Waals surface area contributed by atoms with Crippen LogP contribution in [-0.2, 0) is 0 Å². The summed E-state index contributed by atoms with van der Waals surface area (Å²) in [5, 5.41) is 2.95. The fourth-order valence-electron chi connectivity index (χ4n) is 2.10. The molecule has 2 rings (SSSR count). The lowest BCUT2D eigenvalue weighted by Gasteiger charge is -2.10. The normalized spacial score (nSPS) is 10.3. The van der Waals surface area contributed by atoms with Gasteiger partial charge < -0.3 is 0 Å². The summed E-state index contributed by atoms with van der Waals surface area (Å²) in [5.41, 5.74) is 3.63. The maximum atomic E-state index is 12.2. The zero-order valence-corrected chi connectivity index (χ0v) is 11.7. The van der Waals surface area contributed by atoms with Crippen LogP contribution >= 0.6 is 11.6 Å². The van der Waals surface area contributed by atoms with Gasteiger partial charge in [-0.3, -0.25) is 10.1 Å². The number of amides is 1. The van der Waals surface area contributed by atoms with E-state index in [1.54, 1.807) is 6.07 Å². The van der Waals surface area contributed by atoms with Gasteiger partial charge in [0.15, 0.2) is 0 Å². The standard InChI is InChI=1S/C14H14ClN3O/c1-8-6-9(2)12(10(3)7-8)13(19)18-14-16-5-4-11(15)17-14/h4-7H,1-3H3,(H,16,17,18,19). The van der Waals surface area contributed by atoms with Gasteiger partial charge in [-0.25, -0.2) is 9.97 Å². The van der Waals surface area contributed by atoms with E-state index in [9.17, 15) is 4.79 Å². The number of hydrogen-bond acceptors (Lipinski definition) is 3. The Morgan fingerprint density at radius 3 is 2.42 bits per heavy atom. The van der Waals surface area contributed by atoms with Gasteiger partial charge in [-0.15, -0.1) is 0 Å². The highest BCUT2D eigenvalue weighted by molar-refractivity contribution is 6.29. The van der Waals surface area contributed by atoms with E-state index in [0.29, 0.717) is 10.7 Å². The quantitative estimate of drug-likeness (QED) is 0.856. The first-order valence-electron chi connectivity index (χ1n) is 5.85. The minimum absolute atomic E-state index is 0.205. The van der Waals surface area contributed by atoms with Gasteiger partial charge in [0.05, 0.1) is 0 Å². The Labute approximate surface area is 116 Å². The molecule has 1 aromatic heterocycles. The van der Waals surface area contributed by atoms with Crippen molar-refractivity contribution < 1.29 is 4.79 Å². The van der Waals surface area contributed by atoms with Gasteiger partial charge in [0.2, 0.25) is 5.95 Å². The molecule has 1 amide bonds. The molecular formula is C14H14ClN3O. The van der Waals surface area contributed by atoms with Crippen molar-refractivity contribution in [3.8, 4) is 0 Å². The molecular weight excluding hydrogens is 262 g/mol. The molecule has 2 aromatic rings. The Hall–Kier alpha value is -1.94. The van der Waals surface area contributed by atoms with E-state index < -0.39 is 0 Å². The van der Waals surface area contributed by atoms with Crippen molar-refractivity contribution in [2.45, 2.75) is 20.8 Å². The highest BCUT2D eigenvalue weighted by Crippen LogP contribution is 2.17. The van der Waals surface area contributed by atoms with Crippen LogP contribution in [0.4, 0.5) is 5.95 Å². The van der Waals surface area contributed by atoms with Crippen LogP contribution in [-0.4, -0.2) is 15.9 Å². The molecule has 98 valence electrons. The monoisotopic (exact) mass is 275 g/mol. The average Bonchev–Trinajstić information content (AvgIpc) is 2.27. The lowest BCUT2D eigenvalue weighted by molar-refractivity contribution is 0.102. The van der Waals surface area contributed by atoms with Crippen molar-refractivity contribution >= 4 is 23.5 Å². The summed E-state index contributed by atoms with van der Waals surface area (Å²) >= 11 is 5.76. The number of benzene rings is 1. The van der Waals surface area contributed by atoms with E-state index in [4.69, 9.17) is 11.6 Å². The minimum Gasteiger partial charge on any atom is -0.290 e. The maximum Gasteiger partial charge on any atom is 0.258 e. The number of halogens is 1. The number of nitrogens with one attached hydrogen (secondary N) is 1. The third-order valence-corrected chi connectivity index (χ3v) is 2.96. The van der Waals surface area contributed by atoms with Crippen molar-refractivity contribution in [2.75, 3.05) is 5.32 Å². The number of aromatic nitrogens is 2. The summed E-state index contributed by atoms with van der Waals surface area (Å²) in [6.45, 7) is 5.82. The molecule has 0 radical (unpaired) electrons. The van der Waals surface area contributed by atoms with Gasteiger partial charge in [-0.05, 0) is 38.0 Å². The summed E-state index contributed by atoms with van der Waals surface area (Å²) in [5.74, 6) is -0.0193. The summed E-state index contributed by atoms with van der Waals surface area (Å²) in [7, 11) is 0. The molecule has 0 aliphatic heterocycles. The van der Waals surface area contributed by atoms with Crippen molar-refractivity contribution in [2.24, 2.45) is 0 Å². The lowest BCUT2D eigenvalue weighted by atomic mass is 9.99. The molecule has 0 atom stereocenters. The number of hydrogen-bond donors (Lipinski definition) is 1. The van der Waals surface area contributed by atoms with E-state index in [-0.39, 0.29) is 11.9 Å². The van der Waals surface area contributed by atoms with Crippen LogP contribution in [0, 0.1) is 20.8 Å². The van der Waals surface area contributed by atoms with Crippen molar-refractivity contribution in [1.29, 1.82) is 0 Å². The topological polar surface area (TPSA) is 54.9 Å². The van der Waals surface area contributed by atoms with Crippen LogP contribution < -0.4 is 5.32 Å². The third-order valence-electron chi connectivity index (χ3n) is 2.75. The molecule has 5 heteroatoms. The molecule has 1 aromatic carbocycles. The molecule has 0 aliphatic rings. The molecule has 0 saturated carbocycles. The molecule has 0 bridgehead atoms. The Bertz CT molecular complexity index is 617. The van der Waals surface area contributed by atoms with Crippen LogP contribution in [0.5, 0.6) is 0 Å². The zero-order valence-electron chi connectivity index (χ0n) is 11.0. The molecule has 0 saturated heterocycles. The summed E-state index contributed by atoms with van der Waals surface area (Å²) in [6.07, 6.45) is 1.50. The summed E-state index contributed by atoms with van der Waals surface area (Å²) in [4.78, 5) is 20.1. The highest BCUT2D eigenvalue weighted by atomic mass is 35.5. The van der Waals surface area contributed by atoms with Crippen LogP contribution in [0.1, 0.15) is 27.0 Å². The average molecular weight is 276 g/mol. The van der Waals surface area contributed by atoms with Crippen LogP contribution in [0.2, 0.25) is 5.15 Å². The van der Waals surface area contributed by atoms with Crippen molar-refractivity contribution in [3.05, 3.63) is 51.8 Å². The van der Waals surface area contributed by atoms with Crippen molar-refractivity contribution in [1.82, 2.24) is 9.97 Å². The first-order valence-corrected chi connectivity index (χ1v) is 6.23. The summed E-state index contributed by atoms with van der Waals surface area (Å²) < 4.78 is 0.